The molecule has 2 heterocycles. The summed E-state index contributed by atoms with van der Waals surface area (Å²) in [6, 6.07) is 20.8. The predicted molar refractivity (Wildman–Crippen MR) is 139 cm³/mol. The smallest absolute Gasteiger partial charge is 0.242 e. The van der Waals surface area contributed by atoms with Gasteiger partial charge in [-0.2, -0.15) is 0 Å². The average molecular weight is 493 g/mol. The van der Waals surface area contributed by atoms with Crippen LogP contribution in [0.4, 0.5) is 5.69 Å². The molecule has 3 aromatic rings. The number of amides is 1. The summed E-state index contributed by atoms with van der Waals surface area (Å²) in [5.41, 5.74) is 2.24. The highest BCUT2D eigenvalue weighted by Gasteiger charge is 2.27. The second-order valence-corrected chi connectivity index (χ2v) is 11.2. The molecule has 0 aromatic heterocycles. The van der Waals surface area contributed by atoms with Crippen molar-refractivity contribution in [2.75, 3.05) is 38.0 Å². The Labute approximate surface area is 207 Å². The van der Waals surface area contributed by atoms with Crippen LogP contribution in [0.5, 0.6) is 0 Å². The van der Waals surface area contributed by atoms with Crippen molar-refractivity contribution in [1.82, 2.24) is 14.9 Å². The molecule has 0 radical (unpaired) electrons. The fourth-order valence-corrected chi connectivity index (χ4v) is 6.33. The molecule has 0 spiro atoms. The first kappa shape index (κ1) is 23.8. The lowest BCUT2D eigenvalue weighted by Gasteiger charge is -2.32. The van der Waals surface area contributed by atoms with Crippen LogP contribution in [0, 0.1) is 5.92 Å². The van der Waals surface area contributed by atoms with E-state index in [4.69, 9.17) is 0 Å². The number of carbonyl (C=O) groups excluding carboxylic acids is 1. The van der Waals surface area contributed by atoms with Crippen LogP contribution in [0.25, 0.3) is 10.8 Å². The monoisotopic (exact) mass is 492 g/mol. The van der Waals surface area contributed by atoms with Crippen LogP contribution in [0.1, 0.15) is 18.4 Å². The van der Waals surface area contributed by atoms with Crippen molar-refractivity contribution < 1.29 is 13.2 Å². The van der Waals surface area contributed by atoms with Gasteiger partial charge in [0, 0.05) is 37.1 Å². The van der Waals surface area contributed by atoms with Gasteiger partial charge >= 0.3 is 0 Å². The number of hydrogen-bond acceptors (Lipinski definition) is 5. The maximum absolute atomic E-state index is 12.9. The molecule has 2 aliphatic rings. The van der Waals surface area contributed by atoms with Crippen molar-refractivity contribution in [1.29, 1.82) is 0 Å². The maximum Gasteiger partial charge on any atom is 0.242 e. The number of piperidine rings is 1. The third-order valence-electron chi connectivity index (χ3n) is 7.12. The fourth-order valence-electron chi connectivity index (χ4n) is 5.08. The lowest BCUT2D eigenvalue weighted by molar-refractivity contribution is -0.122. The highest BCUT2D eigenvalue weighted by molar-refractivity contribution is 7.89. The van der Waals surface area contributed by atoms with Crippen LogP contribution in [-0.2, 0) is 21.2 Å². The zero-order valence-electron chi connectivity index (χ0n) is 19.7. The molecule has 35 heavy (non-hydrogen) atoms. The number of likely N-dealkylation sites (tertiary alicyclic amines) is 1. The summed E-state index contributed by atoms with van der Waals surface area (Å²) in [4.78, 5) is 15.2. The van der Waals surface area contributed by atoms with Crippen LogP contribution in [0.3, 0.4) is 0 Å². The summed E-state index contributed by atoms with van der Waals surface area (Å²) in [6.07, 6.45) is 2.72. The highest BCUT2D eigenvalue weighted by atomic mass is 32.2. The molecule has 7 nitrogen and oxygen atoms in total. The number of anilines is 1. The third kappa shape index (κ3) is 5.50. The van der Waals surface area contributed by atoms with E-state index in [1.807, 2.05) is 48.5 Å². The topological polar surface area (TPSA) is 90.5 Å². The molecular weight excluding hydrogens is 460 g/mol. The lowest BCUT2D eigenvalue weighted by atomic mass is 9.96. The van der Waals surface area contributed by atoms with Crippen LogP contribution in [0.2, 0.25) is 0 Å². The molecule has 5 rings (SSSR count). The number of sulfonamides is 1. The number of hydrogen-bond donors (Lipinski definition) is 3. The molecule has 0 bridgehead atoms. The third-order valence-corrected chi connectivity index (χ3v) is 8.64. The number of carbonyl (C=O) groups is 1. The normalized spacial score (nSPS) is 18.8. The maximum atomic E-state index is 12.9. The van der Waals surface area contributed by atoms with Gasteiger partial charge in [-0.3, -0.25) is 4.79 Å². The van der Waals surface area contributed by atoms with E-state index < -0.39 is 10.0 Å². The summed E-state index contributed by atoms with van der Waals surface area (Å²) in [6.45, 7) is 3.55. The van der Waals surface area contributed by atoms with Gasteiger partial charge in [0.2, 0.25) is 15.9 Å². The molecule has 1 fully saturated rings. The number of rotatable bonds is 8. The summed E-state index contributed by atoms with van der Waals surface area (Å²) >= 11 is 0. The van der Waals surface area contributed by atoms with Gasteiger partial charge in [-0.15, -0.1) is 0 Å². The average Bonchev–Trinajstić information content (AvgIpc) is 3.32. The van der Waals surface area contributed by atoms with Crippen LogP contribution in [0.15, 0.2) is 71.6 Å². The SMILES string of the molecule is O=C(NCC1CCN(CCNS(=O)(=O)c2cccc3ccccc23)CC1)C1Cc2ccccc2N1. The van der Waals surface area contributed by atoms with E-state index in [-0.39, 0.29) is 11.9 Å². The molecule has 0 saturated carbocycles. The Bertz CT molecular complexity index is 1270. The van der Waals surface area contributed by atoms with Gasteiger partial charge in [-0.1, -0.05) is 54.6 Å². The van der Waals surface area contributed by atoms with Crippen molar-refractivity contribution in [3.8, 4) is 0 Å². The van der Waals surface area contributed by atoms with Gasteiger partial charge in [0.15, 0.2) is 0 Å². The molecule has 8 heteroatoms. The van der Waals surface area contributed by atoms with Crippen LogP contribution in [-0.4, -0.2) is 58.0 Å². The quantitative estimate of drug-likeness (QED) is 0.450. The van der Waals surface area contributed by atoms with E-state index in [1.54, 1.807) is 12.1 Å². The Hall–Kier alpha value is -2.94. The van der Waals surface area contributed by atoms with Crippen molar-refractivity contribution in [3.05, 3.63) is 72.3 Å². The zero-order valence-corrected chi connectivity index (χ0v) is 20.6. The summed E-state index contributed by atoms with van der Waals surface area (Å²) < 4.78 is 28.6. The molecule has 0 aliphatic carbocycles. The lowest BCUT2D eigenvalue weighted by Crippen LogP contribution is -2.44. The van der Waals surface area contributed by atoms with E-state index in [0.29, 0.717) is 30.4 Å². The molecule has 1 saturated heterocycles. The number of nitrogens with zero attached hydrogens (tertiary/aromatic N) is 1. The van der Waals surface area contributed by atoms with E-state index in [0.717, 1.165) is 48.8 Å². The van der Waals surface area contributed by atoms with E-state index in [2.05, 4.69) is 26.3 Å². The van der Waals surface area contributed by atoms with Crippen molar-refractivity contribution in [3.63, 3.8) is 0 Å². The summed E-state index contributed by atoms with van der Waals surface area (Å²) in [5.74, 6) is 0.512. The Balaban J connectivity index is 1.04. The highest BCUT2D eigenvalue weighted by Crippen LogP contribution is 2.25. The standard InChI is InChI=1S/C27H32N4O3S/c32-27(25-18-22-7-2-4-10-24(22)30-25)28-19-20-12-15-31(16-13-20)17-14-29-35(33,34)26-11-5-8-21-6-1-3-9-23(21)26/h1-11,20,25,29-30H,12-19H2,(H,28,32). The second kappa shape index (κ2) is 10.4. The fraction of sp³-hybridized carbons (Fsp3) is 0.370. The van der Waals surface area contributed by atoms with Gasteiger partial charge < -0.3 is 15.5 Å². The molecule has 3 aromatic carbocycles. The summed E-state index contributed by atoms with van der Waals surface area (Å²) in [5, 5.41) is 8.09. The molecular formula is C27H32N4O3S. The minimum atomic E-state index is -3.57. The number of para-hydroxylation sites is 1. The first-order chi connectivity index (χ1) is 17.0. The Morgan fingerprint density at radius 1 is 0.971 bits per heavy atom. The molecule has 3 N–H and O–H groups in total. The first-order valence-electron chi connectivity index (χ1n) is 12.3. The molecule has 184 valence electrons. The predicted octanol–water partition coefficient (Wildman–Crippen LogP) is 2.98. The van der Waals surface area contributed by atoms with E-state index in [9.17, 15) is 13.2 Å². The van der Waals surface area contributed by atoms with E-state index >= 15 is 0 Å². The van der Waals surface area contributed by atoms with Crippen molar-refractivity contribution >= 4 is 32.4 Å². The van der Waals surface area contributed by atoms with Gasteiger partial charge in [0.05, 0.1) is 4.90 Å². The van der Waals surface area contributed by atoms with Gasteiger partial charge in [-0.05, 0) is 54.9 Å². The van der Waals surface area contributed by atoms with E-state index in [1.165, 1.54) is 5.56 Å². The Kier molecular flexibility index (Phi) is 7.04. The van der Waals surface area contributed by atoms with Gasteiger partial charge in [0.25, 0.3) is 0 Å². The van der Waals surface area contributed by atoms with Gasteiger partial charge in [-0.25, -0.2) is 13.1 Å². The van der Waals surface area contributed by atoms with Crippen molar-refractivity contribution in [2.45, 2.75) is 30.2 Å². The zero-order chi connectivity index (χ0) is 24.3. The molecule has 1 atom stereocenters. The minimum Gasteiger partial charge on any atom is -0.373 e. The van der Waals surface area contributed by atoms with Crippen LogP contribution >= 0.6 is 0 Å². The Morgan fingerprint density at radius 3 is 2.54 bits per heavy atom. The molecule has 1 amide bonds. The van der Waals surface area contributed by atoms with Gasteiger partial charge in [0.1, 0.15) is 6.04 Å². The largest absolute Gasteiger partial charge is 0.373 e. The first-order valence-corrected chi connectivity index (χ1v) is 13.8. The number of benzene rings is 3. The molecule has 1 unspecified atom stereocenters. The van der Waals surface area contributed by atoms with Crippen LogP contribution < -0.4 is 15.4 Å². The number of fused-ring (bicyclic) bond motifs is 2. The Morgan fingerprint density at radius 2 is 1.71 bits per heavy atom. The summed E-state index contributed by atoms with van der Waals surface area (Å²) in [7, 11) is -3.57. The molecule has 2 aliphatic heterocycles. The number of nitrogens with one attached hydrogen (secondary N) is 3. The minimum absolute atomic E-state index is 0.0615. The second-order valence-electron chi connectivity index (χ2n) is 9.46. The van der Waals surface area contributed by atoms with Crippen molar-refractivity contribution in [2.24, 2.45) is 5.92 Å².